The first-order valence-electron chi connectivity index (χ1n) is 8.10. The van der Waals surface area contributed by atoms with Crippen LogP contribution < -0.4 is 14.8 Å². The van der Waals surface area contributed by atoms with Crippen LogP contribution in [0.5, 0.6) is 17.2 Å². The molecule has 1 N–H and O–H groups in total. The Balaban J connectivity index is 1.52. The Morgan fingerprint density at radius 3 is 2.26 bits per heavy atom. The zero-order valence-electron chi connectivity index (χ0n) is 14.2. The Bertz CT molecular complexity index is 927. The normalized spacial score (nSPS) is 10.1. The Kier molecular flexibility index (Phi) is 5.64. The zero-order valence-corrected chi connectivity index (χ0v) is 14.2. The Morgan fingerprint density at radius 1 is 0.889 bits per heavy atom. The molecule has 0 aliphatic carbocycles. The number of para-hydroxylation sites is 1. The Hall–Kier alpha value is -3.87. The lowest BCUT2D eigenvalue weighted by molar-refractivity contribution is -0.384. The molecule has 3 aromatic carbocycles. The lowest BCUT2D eigenvalue weighted by atomic mass is 10.3. The number of hydrogen-bond acceptors (Lipinski definition) is 5. The third-order valence-corrected chi connectivity index (χ3v) is 3.52. The highest BCUT2D eigenvalue weighted by atomic mass is 16.6. The number of rotatable bonds is 7. The van der Waals surface area contributed by atoms with Crippen molar-refractivity contribution in [2.24, 2.45) is 0 Å². The number of ether oxygens (including phenoxy) is 2. The first kappa shape index (κ1) is 17.9. The number of benzene rings is 3. The summed E-state index contributed by atoms with van der Waals surface area (Å²) in [4.78, 5) is 22.2. The van der Waals surface area contributed by atoms with Gasteiger partial charge in [0.1, 0.15) is 17.2 Å². The minimum Gasteiger partial charge on any atom is -0.484 e. The molecule has 0 unspecified atom stereocenters. The number of carbonyl (C=O) groups is 1. The smallest absolute Gasteiger partial charge is 0.273 e. The van der Waals surface area contributed by atoms with Gasteiger partial charge < -0.3 is 14.8 Å². The van der Waals surface area contributed by atoms with E-state index in [0.717, 1.165) is 5.75 Å². The molecule has 0 fully saturated rings. The number of anilines is 1. The highest BCUT2D eigenvalue weighted by Crippen LogP contribution is 2.23. The van der Waals surface area contributed by atoms with Crippen LogP contribution in [0.3, 0.4) is 0 Å². The molecule has 7 heteroatoms. The second kappa shape index (κ2) is 8.48. The second-order valence-electron chi connectivity index (χ2n) is 5.53. The summed E-state index contributed by atoms with van der Waals surface area (Å²) in [6.45, 7) is -0.260. The Morgan fingerprint density at radius 2 is 1.56 bits per heavy atom. The third-order valence-electron chi connectivity index (χ3n) is 3.52. The van der Waals surface area contributed by atoms with E-state index < -0.39 is 4.92 Å². The number of amides is 1. The maximum absolute atomic E-state index is 12.0. The molecule has 7 nitrogen and oxygen atoms in total. The fraction of sp³-hybridized carbons (Fsp3) is 0.0500. The van der Waals surface area contributed by atoms with Gasteiger partial charge in [-0.3, -0.25) is 14.9 Å². The van der Waals surface area contributed by atoms with Gasteiger partial charge in [-0.05, 0) is 42.5 Å². The van der Waals surface area contributed by atoms with Crippen LogP contribution in [0.2, 0.25) is 0 Å². The molecule has 0 bridgehead atoms. The van der Waals surface area contributed by atoms with Crippen molar-refractivity contribution in [2.75, 3.05) is 11.9 Å². The largest absolute Gasteiger partial charge is 0.484 e. The molecular weight excluding hydrogens is 348 g/mol. The summed E-state index contributed by atoms with van der Waals surface area (Å²) in [5, 5.41) is 13.4. The van der Waals surface area contributed by atoms with E-state index in [2.05, 4.69) is 5.32 Å². The van der Waals surface area contributed by atoms with E-state index >= 15 is 0 Å². The van der Waals surface area contributed by atoms with Crippen molar-refractivity contribution in [2.45, 2.75) is 0 Å². The van der Waals surface area contributed by atoms with Crippen molar-refractivity contribution < 1.29 is 19.2 Å². The first-order valence-corrected chi connectivity index (χ1v) is 8.10. The zero-order chi connectivity index (χ0) is 19.1. The van der Waals surface area contributed by atoms with Gasteiger partial charge in [0.2, 0.25) is 0 Å². The molecule has 3 rings (SSSR count). The number of nitro groups is 1. The van der Waals surface area contributed by atoms with Crippen LogP contribution >= 0.6 is 0 Å². The predicted octanol–water partition coefficient (Wildman–Crippen LogP) is 4.40. The van der Waals surface area contributed by atoms with E-state index in [1.54, 1.807) is 30.3 Å². The van der Waals surface area contributed by atoms with Crippen LogP contribution in [-0.2, 0) is 4.79 Å². The summed E-state index contributed by atoms with van der Waals surface area (Å²) in [7, 11) is 0. The van der Waals surface area contributed by atoms with Gasteiger partial charge >= 0.3 is 0 Å². The summed E-state index contributed by atoms with van der Waals surface area (Å²) in [6, 6.07) is 21.9. The van der Waals surface area contributed by atoms with Gasteiger partial charge in [0.05, 0.1) is 11.0 Å². The van der Waals surface area contributed by atoms with Gasteiger partial charge in [-0.15, -0.1) is 0 Å². The summed E-state index contributed by atoms with van der Waals surface area (Å²) < 4.78 is 11.0. The monoisotopic (exact) mass is 364 g/mol. The average Bonchev–Trinajstić information content (AvgIpc) is 2.69. The van der Waals surface area contributed by atoms with Gasteiger partial charge in [0.15, 0.2) is 6.61 Å². The van der Waals surface area contributed by atoms with Crippen LogP contribution in [-0.4, -0.2) is 17.4 Å². The molecule has 0 radical (unpaired) electrons. The van der Waals surface area contributed by atoms with E-state index in [0.29, 0.717) is 11.4 Å². The van der Waals surface area contributed by atoms with Gasteiger partial charge in [-0.25, -0.2) is 0 Å². The van der Waals surface area contributed by atoms with Crippen LogP contribution in [0, 0.1) is 10.1 Å². The molecule has 0 atom stereocenters. The number of hydrogen-bond donors (Lipinski definition) is 1. The van der Waals surface area contributed by atoms with Crippen LogP contribution in [0.4, 0.5) is 11.4 Å². The first-order chi connectivity index (χ1) is 13.1. The van der Waals surface area contributed by atoms with Crippen molar-refractivity contribution in [3.8, 4) is 17.2 Å². The number of nitro benzene ring substituents is 1. The van der Waals surface area contributed by atoms with Crippen molar-refractivity contribution in [1.29, 1.82) is 0 Å². The highest BCUT2D eigenvalue weighted by Gasteiger charge is 2.08. The van der Waals surface area contributed by atoms with E-state index in [4.69, 9.17) is 9.47 Å². The van der Waals surface area contributed by atoms with Crippen LogP contribution in [0.25, 0.3) is 0 Å². The average molecular weight is 364 g/mol. The van der Waals surface area contributed by atoms with E-state index in [-0.39, 0.29) is 24.0 Å². The minimum atomic E-state index is -0.522. The molecular formula is C20H16N2O5. The van der Waals surface area contributed by atoms with Gasteiger partial charge in [-0.2, -0.15) is 0 Å². The molecule has 1 amide bonds. The van der Waals surface area contributed by atoms with E-state index in [1.807, 2.05) is 30.3 Å². The highest BCUT2D eigenvalue weighted by molar-refractivity contribution is 5.91. The fourth-order valence-corrected chi connectivity index (χ4v) is 2.26. The third kappa shape index (κ3) is 5.30. The topological polar surface area (TPSA) is 90.7 Å². The molecule has 136 valence electrons. The summed E-state index contributed by atoms with van der Waals surface area (Å²) in [5.41, 5.74) is 0.491. The number of nitrogens with one attached hydrogen (secondary N) is 1. The maximum Gasteiger partial charge on any atom is 0.273 e. The van der Waals surface area contributed by atoms with Crippen molar-refractivity contribution in [3.05, 3.63) is 89.0 Å². The SMILES string of the molecule is O=C(COc1cccc([N+](=O)[O-])c1)Nc1ccc(Oc2ccccc2)cc1. The summed E-state index contributed by atoms with van der Waals surface area (Å²) in [5.74, 6) is 1.25. The fourth-order valence-electron chi connectivity index (χ4n) is 2.26. The Labute approximate surface area is 155 Å². The van der Waals surface area contributed by atoms with Crippen molar-refractivity contribution in [1.82, 2.24) is 0 Å². The lowest BCUT2D eigenvalue weighted by Gasteiger charge is -2.09. The minimum absolute atomic E-state index is 0.0955. The summed E-state index contributed by atoms with van der Waals surface area (Å²) >= 11 is 0. The van der Waals surface area contributed by atoms with Gasteiger partial charge in [-0.1, -0.05) is 24.3 Å². The molecule has 0 aliphatic heterocycles. The molecule has 0 spiro atoms. The van der Waals surface area contributed by atoms with Gasteiger partial charge in [0, 0.05) is 11.8 Å². The van der Waals surface area contributed by atoms with Crippen molar-refractivity contribution in [3.63, 3.8) is 0 Å². The lowest BCUT2D eigenvalue weighted by Crippen LogP contribution is -2.20. The molecule has 0 heterocycles. The van der Waals surface area contributed by atoms with E-state index in [1.165, 1.54) is 18.2 Å². The molecule has 0 saturated heterocycles. The quantitative estimate of drug-likeness (QED) is 0.495. The van der Waals surface area contributed by atoms with Crippen LogP contribution in [0.15, 0.2) is 78.9 Å². The van der Waals surface area contributed by atoms with Crippen molar-refractivity contribution >= 4 is 17.3 Å². The predicted molar refractivity (Wildman–Crippen MR) is 100 cm³/mol. The molecule has 0 saturated carbocycles. The number of non-ortho nitro benzene ring substituents is 1. The molecule has 0 aliphatic rings. The van der Waals surface area contributed by atoms with Gasteiger partial charge in [0.25, 0.3) is 11.6 Å². The molecule has 27 heavy (non-hydrogen) atoms. The number of carbonyl (C=O) groups excluding carboxylic acids is 1. The maximum atomic E-state index is 12.0. The molecule has 3 aromatic rings. The van der Waals surface area contributed by atoms with Crippen LogP contribution in [0.1, 0.15) is 0 Å². The standard InChI is InChI=1S/C20H16N2O5/c23-20(14-26-19-8-4-5-16(13-19)22(24)25)21-15-9-11-18(12-10-15)27-17-6-2-1-3-7-17/h1-13H,14H2,(H,21,23). The van der Waals surface area contributed by atoms with E-state index in [9.17, 15) is 14.9 Å². The number of nitrogens with zero attached hydrogens (tertiary/aromatic N) is 1. The molecule has 0 aromatic heterocycles. The second-order valence-corrected chi connectivity index (χ2v) is 5.53. The summed E-state index contributed by atoms with van der Waals surface area (Å²) in [6.07, 6.45) is 0.